The molecule has 1 aliphatic carbocycles. The summed E-state index contributed by atoms with van der Waals surface area (Å²) < 4.78 is 0. The van der Waals surface area contributed by atoms with E-state index >= 15 is 0 Å². The minimum atomic E-state index is -0.781. The Kier molecular flexibility index (Phi) is 4.74. The molecule has 0 radical (unpaired) electrons. The molecule has 16 heavy (non-hydrogen) atoms. The van der Waals surface area contributed by atoms with E-state index in [1.807, 2.05) is 6.92 Å². The summed E-state index contributed by atoms with van der Waals surface area (Å²) in [7, 11) is 0. The molecule has 1 aliphatic rings. The monoisotopic (exact) mass is 228 g/mol. The second kappa shape index (κ2) is 5.64. The smallest absolute Gasteiger partial charge is 0.323 e. The van der Waals surface area contributed by atoms with Crippen molar-refractivity contribution in [3.63, 3.8) is 0 Å². The van der Waals surface area contributed by atoms with Crippen LogP contribution in [0.15, 0.2) is 0 Å². The third-order valence-corrected chi connectivity index (χ3v) is 3.41. The summed E-state index contributed by atoms with van der Waals surface area (Å²) in [6, 6.07) is 0.713. The van der Waals surface area contributed by atoms with Crippen molar-refractivity contribution in [1.29, 1.82) is 0 Å². The van der Waals surface area contributed by atoms with Gasteiger partial charge < -0.3 is 15.3 Å². The Hall–Kier alpha value is -0.610. The third kappa shape index (κ3) is 3.46. The normalized spacial score (nSPS) is 19.8. The summed E-state index contributed by atoms with van der Waals surface area (Å²) in [5, 5.41) is 12.3. The van der Waals surface area contributed by atoms with Crippen LogP contribution in [0.4, 0.5) is 0 Å². The molecule has 0 aromatic carbocycles. The Morgan fingerprint density at radius 2 is 2.12 bits per heavy atom. The largest absolute Gasteiger partial charge is 0.480 e. The molecule has 0 aromatic rings. The van der Waals surface area contributed by atoms with E-state index in [9.17, 15) is 9.90 Å². The van der Waals surface area contributed by atoms with Gasteiger partial charge in [-0.2, -0.15) is 0 Å². The average molecular weight is 228 g/mol. The van der Waals surface area contributed by atoms with Gasteiger partial charge in [-0.3, -0.25) is 4.79 Å². The molecule has 0 amide bonds. The summed E-state index contributed by atoms with van der Waals surface area (Å²) in [5.74, 6) is -0.749. The summed E-state index contributed by atoms with van der Waals surface area (Å²) in [6.45, 7) is 8.45. The number of aliphatic carboxylic acids is 1. The van der Waals surface area contributed by atoms with Crippen LogP contribution < -0.4 is 5.32 Å². The Morgan fingerprint density at radius 1 is 1.50 bits per heavy atom. The van der Waals surface area contributed by atoms with Crippen molar-refractivity contribution in [2.75, 3.05) is 19.6 Å². The first-order valence-corrected chi connectivity index (χ1v) is 6.26. The number of carboxylic acid groups (broad SMARTS) is 1. The van der Waals surface area contributed by atoms with E-state index in [-0.39, 0.29) is 0 Å². The SMILES string of the molecule is CCNC(C)(CCN(CC)C1CC1)C(=O)O. The Labute approximate surface area is 98.0 Å². The zero-order valence-corrected chi connectivity index (χ0v) is 10.6. The van der Waals surface area contributed by atoms with Crippen LogP contribution >= 0.6 is 0 Å². The molecule has 1 saturated carbocycles. The number of nitrogens with zero attached hydrogens (tertiary/aromatic N) is 1. The van der Waals surface area contributed by atoms with Gasteiger partial charge in [-0.25, -0.2) is 0 Å². The fourth-order valence-electron chi connectivity index (χ4n) is 2.07. The van der Waals surface area contributed by atoms with Crippen molar-refractivity contribution in [2.45, 2.75) is 51.6 Å². The summed E-state index contributed by atoms with van der Waals surface area (Å²) >= 11 is 0. The molecule has 1 unspecified atom stereocenters. The highest BCUT2D eigenvalue weighted by molar-refractivity contribution is 5.78. The molecule has 0 aromatic heterocycles. The fourth-order valence-corrected chi connectivity index (χ4v) is 2.07. The number of nitrogens with one attached hydrogen (secondary N) is 1. The van der Waals surface area contributed by atoms with Crippen LogP contribution in [0.5, 0.6) is 0 Å². The van der Waals surface area contributed by atoms with Crippen LogP contribution in [0.25, 0.3) is 0 Å². The molecule has 1 atom stereocenters. The van der Waals surface area contributed by atoms with Gasteiger partial charge in [-0.15, -0.1) is 0 Å². The van der Waals surface area contributed by atoms with Gasteiger partial charge in [-0.1, -0.05) is 13.8 Å². The average Bonchev–Trinajstić information content (AvgIpc) is 3.03. The van der Waals surface area contributed by atoms with Gasteiger partial charge in [0.2, 0.25) is 0 Å². The maximum atomic E-state index is 11.2. The number of likely N-dealkylation sites (N-methyl/N-ethyl adjacent to an activating group) is 1. The lowest BCUT2D eigenvalue weighted by Crippen LogP contribution is -2.51. The van der Waals surface area contributed by atoms with Crippen molar-refractivity contribution in [3.8, 4) is 0 Å². The number of hydrogen-bond donors (Lipinski definition) is 2. The van der Waals surface area contributed by atoms with Crippen LogP contribution in [0.3, 0.4) is 0 Å². The lowest BCUT2D eigenvalue weighted by molar-refractivity contribution is -0.144. The van der Waals surface area contributed by atoms with Gasteiger partial charge in [-0.05, 0) is 39.3 Å². The molecule has 1 rings (SSSR count). The van der Waals surface area contributed by atoms with Crippen LogP contribution in [0.1, 0.15) is 40.0 Å². The second-order valence-corrected chi connectivity index (χ2v) is 4.78. The zero-order valence-electron chi connectivity index (χ0n) is 10.6. The van der Waals surface area contributed by atoms with E-state index in [2.05, 4.69) is 17.1 Å². The maximum Gasteiger partial charge on any atom is 0.323 e. The third-order valence-electron chi connectivity index (χ3n) is 3.41. The lowest BCUT2D eigenvalue weighted by atomic mass is 9.97. The quantitative estimate of drug-likeness (QED) is 0.658. The second-order valence-electron chi connectivity index (χ2n) is 4.78. The summed E-state index contributed by atoms with van der Waals surface area (Å²) in [4.78, 5) is 13.6. The van der Waals surface area contributed by atoms with Gasteiger partial charge >= 0.3 is 5.97 Å². The fraction of sp³-hybridized carbons (Fsp3) is 0.917. The van der Waals surface area contributed by atoms with Crippen LogP contribution in [0, 0.1) is 0 Å². The molecular weight excluding hydrogens is 204 g/mol. The Morgan fingerprint density at radius 3 is 2.50 bits per heavy atom. The van der Waals surface area contributed by atoms with E-state index in [0.717, 1.165) is 13.1 Å². The van der Waals surface area contributed by atoms with Crippen LogP contribution in [0.2, 0.25) is 0 Å². The van der Waals surface area contributed by atoms with Crippen molar-refractivity contribution >= 4 is 5.97 Å². The number of carbonyl (C=O) groups is 1. The van der Waals surface area contributed by atoms with E-state index in [4.69, 9.17) is 0 Å². The highest BCUT2D eigenvalue weighted by atomic mass is 16.4. The first-order valence-electron chi connectivity index (χ1n) is 6.26. The van der Waals surface area contributed by atoms with Gasteiger partial charge in [0.25, 0.3) is 0 Å². The molecule has 4 nitrogen and oxygen atoms in total. The van der Waals surface area contributed by atoms with Crippen molar-refractivity contribution in [3.05, 3.63) is 0 Å². The molecule has 94 valence electrons. The molecule has 0 aliphatic heterocycles. The number of hydrogen-bond acceptors (Lipinski definition) is 3. The number of carboxylic acids is 1. The molecule has 0 spiro atoms. The van der Waals surface area contributed by atoms with Gasteiger partial charge in [0.15, 0.2) is 0 Å². The summed E-state index contributed by atoms with van der Waals surface area (Å²) in [5.41, 5.74) is -0.781. The first-order chi connectivity index (χ1) is 7.53. The minimum Gasteiger partial charge on any atom is -0.480 e. The topological polar surface area (TPSA) is 52.6 Å². The molecule has 0 bridgehead atoms. The van der Waals surface area contributed by atoms with Crippen LogP contribution in [-0.4, -0.2) is 47.2 Å². The maximum absolute atomic E-state index is 11.2. The highest BCUT2D eigenvalue weighted by Crippen LogP contribution is 2.27. The van der Waals surface area contributed by atoms with Crippen molar-refractivity contribution in [2.24, 2.45) is 0 Å². The molecule has 4 heteroatoms. The molecule has 0 heterocycles. The molecule has 1 fully saturated rings. The standard InChI is InChI=1S/C12H24N2O2/c1-4-13-12(3,11(15)16)8-9-14(5-2)10-6-7-10/h10,13H,4-9H2,1-3H3,(H,15,16). The first kappa shape index (κ1) is 13.5. The molecular formula is C12H24N2O2. The van der Waals surface area contributed by atoms with Crippen molar-refractivity contribution < 1.29 is 9.90 Å². The van der Waals surface area contributed by atoms with E-state index in [0.29, 0.717) is 19.0 Å². The van der Waals surface area contributed by atoms with Crippen LogP contribution in [-0.2, 0) is 4.79 Å². The molecule has 0 saturated heterocycles. The Balaban J connectivity index is 2.44. The Bertz CT molecular complexity index is 241. The van der Waals surface area contributed by atoms with E-state index in [1.54, 1.807) is 6.92 Å². The lowest BCUT2D eigenvalue weighted by Gasteiger charge is -2.29. The number of rotatable bonds is 8. The van der Waals surface area contributed by atoms with E-state index < -0.39 is 11.5 Å². The van der Waals surface area contributed by atoms with E-state index in [1.165, 1.54) is 12.8 Å². The predicted octanol–water partition coefficient (Wildman–Crippen LogP) is 1.31. The van der Waals surface area contributed by atoms with Crippen molar-refractivity contribution in [1.82, 2.24) is 10.2 Å². The van der Waals surface area contributed by atoms with Gasteiger partial charge in [0.1, 0.15) is 5.54 Å². The predicted molar refractivity (Wildman–Crippen MR) is 64.6 cm³/mol. The van der Waals surface area contributed by atoms with Gasteiger partial charge in [0.05, 0.1) is 0 Å². The minimum absolute atomic E-state index is 0.667. The van der Waals surface area contributed by atoms with Gasteiger partial charge in [0, 0.05) is 12.6 Å². The molecule has 2 N–H and O–H groups in total. The summed E-state index contributed by atoms with van der Waals surface area (Å²) in [6.07, 6.45) is 3.22. The zero-order chi connectivity index (χ0) is 12.2. The highest BCUT2D eigenvalue weighted by Gasteiger charge is 2.34.